The fraction of sp³-hybridized carbons (Fsp3) is 0.900. The zero-order valence-electron chi connectivity index (χ0n) is 8.92. The highest BCUT2D eigenvalue weighted by molar-refractivity contribution is 5.58. The van der Waals surface area contributed by atoms with Gasteiger partial charge in [0.05, 0.1) is 0 Å². The van der Waals surface area contributed by atoms with Gasteiger partial charge in [0.1, 0.15) is 6.29 Å². The lowest BCUT2D eigenvalue weighted by Crippen LogP contribution is -2.36. The van der Waals surface area contributed by atoms with E-state index in [1.165, 1.54) is 0 Å². The minimum Gasteiger partial charge on any atom is -0.396 e. The molecule has 3 nitrogen and oxygen atoms in total. The third-order valence-corrected chi connectivity index (χ3v) is 2.03. The van der Waals surface area contributed by atoms with Crippen molar-refractivity contribution >= 4 is 6.29 Å². The monoisotopic (exact) mass is 187 g/mol. The Labute approximate surface area is 80.7 Å². The predicted octanol–water partition coefficient (Wildman–Crippen LogP) is 0.916. The summed E-state index contributed by atoms with van der Waals surface area (Å²) in [5.41, 5.74) is -0.272. The summed E-state index contributed by atoms with van der Waals surface area (Å²) in [5.74, 6) is 0. The molecule has 0 spiro atoms. The van der Waals surface area contributed by atoms with E-state index in [4.69, 9.17) is 5.11 Å². The number of aliphatic hydroxyl groups is 1. The summed E-state index contributed by atoms with van der Waals surface area (Å²) >= 11 is 0. The average Bonchev–Trinajstić information content (AvgIpc) is 2.12. The van der Waals surface area contributed by atoms with E-state index in [0.29, 0.717) is 0 Å². The van der Waals surface area contributed by atoms with E-state index >= 15 is 0 Å². The van der Waals surface area contributed by atoms with E-state index in [-0.39, 0.29) is 12.0 Å². The summed E-state index contributed by atoms with van der Waals surface area (Å²) in [6.07, 6.45) is 1.78. The van der Waals surface area contributed by atoms with Gasteiger partial charge in [-0.1, -0.05) is 20.8 Å². The summed E-state index contributed by atoms with van der Waals surface area (Å²) in [4.78, 5) is 12.9. The van der Waals surface area contributed by atoms with Crippen molar-refractivity contribution in [1.82, 2.24) is 4.90 Å². The normalized spacial score (nSPS) is 12.1. The Balaban J connectivity index is 3.89. The first kappa shape index (κ1) is 12.6. The molecular formula is C10H21NO2. The van der Waals surface area contributed by atoms with Crippen molar-refractivity contribution < 1.29 is 9.90 Å². The molecule has 0 rings (SSSR count). The fourth-order valence-electron chi connectivity index (χ4n) is 1.26. The van der Waals surface area contributed by atoms with E-state index < -0.39 is 0 Å². The molecule has 0 amide bonds. The second kappa shape index (κ2) is 6.11. The maximum atomic E-state index is 10.7. The van der Waals surface area contributed by atoms with Crippen LogP contribution in [-0.2, 0) is 4.79 Å². The third kappa shape index (κ3) is 5.77. The Bertz CT molecular complexity index is 146. The topological polar surface area (TPSA) is 40.5 Å². The number of hydrogen-bond acceptors (Lipinski definition) is 3. The molecule has 0 unspecified atom stereocenters. The minimum absolute atomic E-state index is 0.220. The molecule has 0 aliphatic rings. The van der Waals surface area contributed by atoms with E-state index in [1.54, 1.807) is 0 Å². The molecule has 0 aromatic rings. The highest BCUT2D eigenvalue weighted by atomic mass is 16.3. The van der Waals surface area contributed by atoms with Crippen molar-refractivity contribution in [2.45, 2.75) is 27.2 Å². The van der Waals surface area contributed by atoms with Gasteiger partial charge in [-0.2, -0.15) is 0 Å². The molecule has 0 fully saturated rings. The summed E-state index contributed by atoms with van der Waals surface area (Å²) in [6, 6.07) is 0. The number of rotatable bonds is 7. The molecule has 1 N–H and O–H groups in total. The van der Waals surface area contributed by atoms with Crippen molar-refractivity contribution in [2.75, 3.05) is 26.2 Å². The quantitative estimate of drug-likeness (QED) is 0.602. The van der Waals surface area contributed by atoms with E-state index in [9.17, 15) is 4.79 Å². The lowest BCUT2D eigenvalue weighted by atomic mass is 9.95. The predicted molar refractivity (Wildman–Crippen MR) is 53.7 cm³/mol. The first-order valence-electron chi connectivity index (χ1n) is 4.85. The standard InChI is InChI=1S/C10H21NO2/c1-4-11(6-5-7-12)8-10(2,3)9-13/h9,12H,4-8H2,1-3H3. The van der Waals surface area contributed by atoms with Gasteiger partial charge in [-0.25, -0.2) is 0 Å². The van der Waals surface area contributed by atoms with Crippen molar-refractivity contribution in [3.8, 4) is 0 Å². The molecular weight excluding hydrogens is 166 g/mol. The lowest BCUT2D eigenvalue weighted by Gasteiger charge is -2.27. The molecule has 0 atom stereocenters. The van der Waals surface area contributed by atoms with Crippen LogP contribution < -0.4 is 0 Å². The molecule has 78 valence electrons. The van der Waals surface area contributed by atoms with Crippen molar-refractivity contribution in [3.63, 3.8) is 0 Å². The smallest absolute Gasteiger partial charge is 0.126 e. The second-order valence-electron chi connectivity index (χ2n) is 4.05. The zero-order valence-corrected chi connectivity index (χ0v) is 8.92. The number of aliphatic hydroxyl groups excluding tert-OH is 1. The van der Waals surface area contributed by atoms with Crippen LogP contribution in [0.15, 0.2) is 0 Å². The van der Waals surface area contributed by atoms with Crippen LogP contribution in [0.1, 0.15) is 27.2 Å². The summed E-state index contributed by atoms with van der Waals surface area (Å²) < 4.78 is 0. The van der Waals surface area contributed by atoms with Crippen LogP contribution in [0.2, 0.25) is 0 Å². The van der Waals surface area contributed by atoms with Crippen LogP contribution in [0, 0.1) is 5.41 Å². The number of aldehydes is 1. The molecule has 13 heavy (non-hydrogen) atoms. The molecule has 0 heterocycles. The van der Waals surface area contributed by atoms with E-state index in [0.717, 1.165) is 32.3 Å². The highest BCUT2D eigenvalue weighted by Crippen LogP contribution is 2.13. The van der Waals surface area contributed by atoms with Crippen molar-refractivity contribution in [3.05, 3.63) is 0 Å². The third-order valence-electron chi connectivity index (χ3n) is 2.03. The van der Waals surface area contributed by atoms with Crippen LogP contribution >= 0.6 is 0 Å². The molecule has 0 bridgehead atoms. The van der Waals surface area contributed by atoms with Gasteiger partial charge in [0, 0.05) is 25.1 Å². The van der Waals surface area contributed by atoms with Crippen LogP contribution in [0.3, 0.4) is 0 Å². The Morgan fingerprint density at radius 1 is 1.46 bits per heavy atom. The number of carbonyl (C=O) groups excluding carboxylic acids is 1. The van der Waals surface area contributed by atoms with Crippen LogP contribution in [0.4, 0.5) is 0 Å². The zero-order chi connectivity index (χ0) is 10.3. The average molecular weight is 187 g/mol. The first-order valence-corrected chi connectivity index (χ1v) is 4.85. The van der Waals surface area contributed by atoms with Gasteiger partial charge in [-0.05, 0) is 13.0 Å². The molecule has 0 saturated heterocycles. The van der Waals surface area contributed by atoms with Crippen molar-refractivity contribution in [1.29, 1.82) is 0 Å². The molecule has 0 aromatic heterocycles. The van der Waals surface area contributed by atoms with Gasteiger partial charge in [0.25, 0.3) is 0 Å². The van der Waals surface area contributed by atoms with Crippen molar-refractivity contribution in [2.24, 2.45) is 5.41 Å². The molecule has 0 saturated carbocycles. The number of hydrogen-bond donors (Lipinski definition) is 1. The second-order valence-corrected chi connectivity index (χ2v) is 4.05. The Kier molecular flexibility index (Phi) is 5.91. The SMILES string of the molecule is CCN(CCCO)CC(C)(C)C=O. The summed E-state index contributed by atoms with van der Waals surface area (Å²) in [6.45, 7) is 8.72. The Morgan fingerprint density at radius 2 is 2.08 bits per heavy atom. The summed E-state index contributed by atoms with van der Waals surface area (Å²) in [7, 11) is 0. The van der Waals surface area contributed by atoms with Gasteiger partial charge in [0.15, 0.2) is 0 Å². The first-order chi connectivity index (χ1) is 6.05. The van der Waals surface area contributed by atoms with Crippen LogP contribution in [-0.4, -0.2) is 42.5 Å². The lowest BCUT2D eigenvalue weighted by molar-refractivity contribution is -0.115. The van der Waals surface area contributed by atoms with E-state index in [2.05, 4.69) is 11.8 Å². The minimum atomic E-state index is -0.272. The van der Waals surface area contributed by atoms with Gasteiger partial charge in [0.2, 0.25) is 0 Å². The molecule has 0 aromatic carbocycles. The van der Waals surface area contributed by atoms with Crippen LogP contribution in [0.5, 0.6) is 0 Å². The molecule has 0 aliphatic heterocycles. The molecule has 0 aliphatic carbocycles. The van der Waals surface area contributed by atoms with Gasteiger partial charge < -0.3 is 14.8 Å². The van der Waals surface area contributed by atoms with Gasteiger partial charge in [-0.15, -0.1) is 0 Å². The number of nitrogens with zero attached hydrogens (tertiary/aromatic N) is 1. The maximum Gasteiger partial charge on any atom is 0.126 e. The Morgan fingerprint density at radius 3 is 2.46 bits per heavy atom. The maximum absolute atomic E-state index is 10.7. The number of carbonyl (C=O) groups is 1. The highest BCUT2D eigenvalue weighted by Gasteiger charge is 2.19. The van der Waals surface area contributed by atoms with Gasteiger partial charge in [-0.3, -0.25) is 0 Å². The molecule has 0 radical (unpaired) electrons. The summed E-state index contributed by atoms with van der Waals surface area (Å²) in [5, 5.41) is 8.67. The largest absolute Gasteiger partial charge is 0.396 e. The fourth-order valence-corrected chi connectivity index (χ4v) is 1.26. The van der Waals surface area contributed by atoms with E-state index in [1.807, 2.05) is 13.8 Å². The Hall–Kier alpha value is -0.410. The van der Waals surface area contributed by atoms with Crippen LogP contribution in [0.25, 0.3) is 0 Å². The molecule has 3 heteroatoms. The van der Waals surface area contributed by atoms with Gasteiger partial charge >= 0.3 is 0 Å².